The molecule has 0 radical (unpaired) electrons. The number of rotatable bonds is 2. The second-order valence-corrected chi connectivity index (χ2v) is 6.22. The van der Waals surface area contributed by atoms with Crippen LogP contribution in [0, 0.1) is 0 Å². The summed E-state index contributed by atoms with van der Waals surface area (Å²) in [6.45, 7) is 0.422. The summed E-state index contributed by atoms with van der Waals surface area (Å²) in [4.78, 5) is 12.1. The number of carbonyl (C=O) groups excluding carboxylic acids is 1. The summed E-state index contributed by atoms with van der Waals surface area (Å²) in [6.07, 6.45) is 8.35. The van der Waals surface area contributed by atoms with Crippen LogP contribution in [0.4, 0.5) is 10.5 Å². The molecule has 3 N–H and O–H groups in total. The number of benzene rings is 1. The van der Waals surface area contributed by atoms with E-state index in [1.54, 1.807) is 6.07 Å². The van der Waals surface area contributed by atoms with Gasteiger partial charge in [0, 0.05) is 11.7 Å². The van der Waals surface area contributed by atoms with Crippen LogP contribution in [0.5, 0.6) is 0 Å². The second-order valence-electron chi connectivity index (χ2n) is 6.22. The number of anilines is 1. The summed E-state index contributed by atoms with van der Waals surface area (Å²) in [7, 11) is -0.884. The normalized spacial score (nSPS) is 19.2. The molecule has 118 valence electrons. The fraction of sp³-hybridized carbons (Fsp3) is 0.562. The first-order valence-corrected chi connectivity index (χ1v) is 8.22. The van der Waals surface area contributed by atoms with E-state index in [1.165, 1.54) is 32.1 Å². The number of nitrogens with one attached hydrogen (secondary N) is 2. The molecule has 5 nitrogen and oxygen atoms in total. The van der Waals surface area contributed by atoms with Crippen molar-refractivity contribution in [2.75, 3.05) is 5.32 Å². The number of hydrogen-bond donors (Lipinski definition) is 3. The van der Waals surface area contributed by atoms with E-state index in [4.69, 9.17) is 4.65 Å². The maximum absolute atomic E-state index is 12.1. The van der Waals surface area contributed by atoms with Crippen LogP contribution in [0.2, 0.25) is 0 Å². The fourth-order valence-electron chi connectivity index (χ4n) is 3.25. The van der Waals surface area contributed by atoms with E-state index < -0.39 is 7.12 Å². The molecule has 3 rings (SSSR count). The van der Waals surface area contributed by atoms with Gasteiger partial charge in [-0.05, 0) is 36.0 Å². The maximum Gasteiger partial charge on any atom is 0.491 e. The van der Waals surface area contributed by atoms with Gasteiger partial charge in [-0.3, -0.25) is 0 Å². The van der Waals surface area contributed by atoms with E-state index in [0.29, 0.717) is 12.3 Å². The fourth-order valence-corrected chi connectivity index (χ4v) is 3.25. The van der Waals surface area contributed by atoms with Gasteiger partial charge < -0.3 is 20.3 Å². The Hall–Kier alpha value is -1.53. The Morgan fingerprint density at radius 3 is 2.68 bits per heavy atom. The molecular formula is C16H23BN2O3. The monoisotopic (exact) mass is 302 g/mol. The first-order chi connectivity index (χ1) is 10.7. The van der Waals surface area contributed by atoms with Gasteiger partial charge in [-0.2, -0.15) is 0 Å². The first kappa shape index (κ1) is 15.4. The number of fused-ring (bicyclic) bond motifs is 1. The predicted molar refractivity (Wildman–Crippen MR) is 87.1 cm³/mol. The summed E-state index contributed by atoms with van der Waals surface area (Å²) in [5.41, 5.74) is 2.40. The second kappa shape index (κ2) is 7.16. The highest BCUT2D eigenvalue weighted by Gasteiger charge is 2.27. The van der Waals surface area contributed by atoms with Crippen molar-refractivity contribution in [3.05, 3.63) is 23.8 Å². The van der Waals surface area contributed by atoms with E-state index >= 15 is 0 Å². The van der Waals surface area contributed by atoms with Crippen molar-refractivity contribution >= 4 is 24.3 Å². The largest absolute Gasteiger partial charge is 0.491 e. The Balaban J connectivity index is 1.56. The smallest absolute Gasteiger partial charge is 0.423 e. The van der Waals surface area contributed by atoms with Gasteiger partial charge in [0.2, 0.25) is 0 Å². The Morgan fingerprint density at radius 2 is 1.91 bits per heavy atom. The average molecular weight is 302 g/mol. The lowest BCUT2D eigenvalue weighted by Gasteiger charge is -2.21. The molecule has 1 aromatic carbocycles. The van der Waals surface area contributed by atoms with Crippen LogP contribution in [0.25, 0.3) is 0 Å². The van der Waals surface area contributed by atoms with Crippen LogP contribution in [0.3, 0.4) is 0 Å². The third-order valence-electron chi connectivity index (χ3n) is 4.51. The van der Waals surface area contributed by atoms with Crippen molar-refractivity contribution in [2.45, 2.75) is 57.6 Å². The lowest BCUT2D eigenvalue weighted by molar-refractivity contribution is 0.245. The Bertz CT molecular complexity index is 530. The molecule has 1 fully saturated rings. The van der Waals surface area contributed by atoms with E-state index in [-0.39, 0.29) is 12.1 Å². The minimum absolute atomic E-state index is 0.168. The molecule has 0 aromatic heterocycles. The Labute approximate surface area is 131 Å². The zero-order valence-electron chi connectivity index (χ0n) is 12.8. The van der Waals surface area contributed by atoms with Crippen LogP contribution in [0.1, 0.15) is 50.5 Å². The van der Waals surface area contributed by atoms with Crippen molar-refractivity contribution in [1.29, 1.82) is 0 Å². The summed E-state index contributed by atoms with van der Waals surface area (Å²) in [5, 5.41) is 15.6. The van der Waals surface area contributed by atoms with Crippen LogP contribution in [-0.2, 0) is 11.3 Å². The molecule has 1 heterocycles. The number of carbonyl (C=O) groups is 1. The number of amides is 2. The Kier molecular flexibility index (Phi) is 5.00. The number of urea groups is 1. The molecule has 1 aliphatic heterocycles. The molecule has 0 atom stereocenters. The SMILES string of the molecule is O=C(Nc1ccc2c(c1)B(O)OC2)NC1CCCCCCC1. The van der Waals surface area contributed by atoms with E-state index in [9.17, 15) is 9.82 Å². The van der Waals surface area contributed by atoms with Gasteiger partial charge in [-0.15, -0.1) is 0 Å². The summed E-state index contributed by atoms with van der Waals surface area (Å²) < 4.78 is 5.16. The zero-order chi connectivity index (χ0) is 15.4. The van der Waals surface area contributed by atoms with Crippen LogP contribution in [-0.4, -0.2) is 24.2 Å². The highest BCUT2D eigenvalue weighted by molar-refractivity contribution is 6.61. The van der Waals surface area contributed by atoms with Crippen LogP contribution < -0.4 is 16.1 Å². The van der Waals surface area contributed by atoms with Gasteiger partial charge in [0.05, 0.1) is 6.61 Å². The molecule has 6 heteroatoms. The zero-order valence-corrected chi connectivity index (χ0v) is 12.8. The minimum Gasteiger partial charge on any atom is -0.423 e. The van der Waals surface area contributed by atoms with Gasteiger partial charge in [0.15, 0.2) is 0 Å². The molecule has 1 aliphatic carbocycles. The average Bonchev–Trinajstić information content (AvgIpc) is 2.83. The molecule has 0 spiro atoms. The lowest BCUT2D eigenvalue weighted by Crippen LogP contribution is -2.38. The van der Waals surface area contributed by atoms with E-state index in [2.05, 4.69) is 10.6 Å². The van der Waals surface area contributed by atoms with Crippen molar-refractivity contribution in [1.82, 2.24) is 5.32 Å². The molecule has 22 heavy (non-hydrogen) atoms. The van der Waals surface area contributed by atoms with Gasteiger partial charge in [-0.25, -0.2) is 4.79 Å². The molecule has 0 unspecified atom stereocenters. The third-order valence-corrected chi connectivity index (χ3v) is 4.51. The summed E-state index contributed by atoms with van der Waals surface area (Å²) >= 11 is 0. The third kappa shape index (κ3) is 3.81. The van der Waals surface area contributed by atoms with Crippen LogP contribution >= 0.6 is 0 Å². The summed E-state index contributed by atoms with van der Waals surface area (Å²) in [5.74, 6) is 0. The van der Waals surface area contributed by atoms with Crippen molar-refractivity contribution in [3.8, 4) is 0 Å². The molecule has 2 amide bonds. The molecule has 1 saturated carbocycles. The molecule has 0 saturated heterocycles. The highest BCUT2D eigenvalue weighted by atomic mass is 16.5. The van der Waals surface area contributed by atoms with Gasteiger partial charge >= 0.3 is 13.1 Å². The van der Waals surface area contributed by atoms with Gasteiger partial charge in [0.25, 0.3) is 0 Å². The number of hydrogen-bond acceptors (Lipinski definition) is 3. The predicted octanol–water partition coefficient (Wildman–Crippen LogP) is 2.14. The van der Waals surface area contributed by atoms with E-state index in [1.807, 2.05) is 12.1 Å². The molecule has 2 aliphatic rings. The van der Waals surface area contributed by atoms with Crippen molar-refractivity contribution in [3.63, 3.8) is 0 Å². The quantitative estimate of drug-likeness (QED) is 0.733. The Morgan fingerprint density at radius 1 is 1.18 bits per heavy atom. The van der Waals surface area contributed by atoms with Gasteiger partial charge in [-0.1, -0.05) is 38.2 Å². The van der Waals surface area contributed by atoms with Crippen LogP contribution in [0.15, 0.2) is 18.2 Å². The highest BCUT2D eigenvalue weighted by Crippen LogP contribution is 2.18. The summed E-state index contributed by atoms with van der Waals surface area (Å²) in [6, 6.07) is 5.61. The molecule has 0 bridgehead atoms. The van der Waals surface area contributed by atoms with Gasteiger partial charge in [0.1, 0.15) is 0 Å². The van der Waals surface area contributed by atoms with E-state index in [0.717, 1.165) is 23.9 Å². The maximum atomic E-state index is 12.1. The standard InChI is InChI=1S/C16H23BN2O3/c20-16(18-13-6-4-2-1-3-5-7-13)19-14-9-8-12-11-22-17(21)15(12)10-14/h8-10,13,21H,1-7,11H2,(H2,18,19,20). The molecule has 1 aromatic rings. The molecular weight excluding hydrogens is 279 g/mol. The minimum atomic E-state index is -0.884. The van der Waals surface area contributed by atoms with Crippen molar-refractivity contribution < 1.29 is 14.5 Å². The topological polar surface area (TPSA) is 70.6 Å². The lowest BCUT2D eigenvalue weighted by atomic mass is 9.79. The van der Waals surface area contributed by atoms with Crippen molar-refractivity contribution in [2.24, 2.45) is 0 Å². The first-order valence-electron chi connectivity index (χ1n) is 8.22.